The van der Waals surface area contributed by atoms with Gasteiger partial charge < -0.3 is 5.32 Å². The normalized spacial score (nSPS) is 12.4. The quantitative estimate of drug-likeness (QED) is 0.908. The van der Waals surface area contributed by atoms with Crippen molar-refractivity contribution in [1.82, 2.24) is 29.9 Å². The molecule has 1 N–H and O–H groups in total. The Kier molecular flexibility index (Phi) is 3.87. The Labute approximate surface area is 118 Å². The van der Waals surface area contributed by atoms with Gasteiger partial charge in [-0.3, -0.25) is 14.2 Å². The van der Waals surface area contributed by atoms with Crippen LogP contribution in [-0.2, 0) is 13.6 Å². The molecule has 108 valence electrons. The number of nitrogens with one attached hydrogen (secondary N) is 1. The summed E-state index contributed by atoms with van der Waals surface area (Å²) >= 11 is 0. The van der Waals surface area contributed by atoms with E-state index in [0.717, 1.165) is 23.8 Å². The maximum Gasteiger partial charge on any atom is 0.255 e. The second-order valence-electron chi connectivity index (χ2n) is 4.80. The Balaban J connectivity index is 2.21. The summed E-state index contributed by atoms with van der Waals surface area (Å²) in [5, 5.41) is 11.3. The average Bonchev–Trinajstić information content (AvgIpc) is 2.93. The van der Waals surface area contributed by atoms with Gasteiger partial charge >= 0.3 is 0 Å². The van der Waals surface area contributed by atoms with E-state index in [1.807, 2.05) is 32.4 Å². The van der Waals surface area contributed by atoms with E-state index in [0.29, 0.717) is 5.56 Å². The van der Waals surface area contributed by atoms with Gasteiger partial charge in [-0.2, -0.15) is 10.2 Å². The molecule has 0 saturated carbocycles. The number of carbonyl (C=O) groups is 1. The van der Waals surface area contributed by atoms with Crippen LogP contribution in [0, 0.1) is 13.8 Å². The summed E-state index contributed by atoms with van der Waals surface area (Å²) in [6.45, 7) is 8.39. The lowest BCUT2D eigenvalue weighted by Crippen LogP contribution is -2.29. The van der Waals surface area contributed by atoms with Gasteiger partial charge in [0.25, 0.3) is 5.91 Å². The lowest BCUT2D eigenvalue weighted by Gasteiger charge is -2.13. The van der Waals surface area contributed by atoms with E-state index in [2.05, 4.69) is 20.5 Å². The van der Waals surface area contributed by atoms with Gasteiger partial charge in [-0.25, -0.2) is 4.98 Å². The lowest BCUT2D eigenvalue weighted by atomic mass is 10.1. The molecule has 7 heteroatoms. The molecule has 2 aromatic rings. The highest BCUT2D eigenvalue weighted by Crippen LogP contribution is 2.15. The van der Waals surface area contributed by atoms with E-state index >= 15 is 0 Å². The number of amides is 1. The second kappa shape index (κ2) is 5.44. The van der Waals surface area contributed by atoms with Crippen molar-refractivity contribution in [2.24, 2.45) is 7.05 Å². The monoisotopic (exact) mass is 276 g/mol. The van der Waals surface area contributed by atoms with Crippen LogP contribution in [-0.4, -0.2) is 30.5 Å². The van der Waals surface area contributed by atoms with E-state index < -0.39 is 0 Å². The van der Waals surface area contributed by atoms with Crippen LogP contribution in [0.25, 0.3) is 0 Å². The molecule has 20 heavy (non-hydrogen) atoms. The zero-order valence-corrected chi connectivity index (χ0v) is 12.5. The number of aromatic nitrogens is 5. The molecule has 1 atom stereocenters. The van der Waals surface area contributed by atoms with Crippen molar-refractivity contribution in [3.8, 4) is 0 Å². The predicted molar refractivity (Wildman–Crippen MR) is 74.3 cm³/mol. The summed E-state index contributed by atoms with van der Waals surface area (Å²) in [5.41, 5.74) is 2.26. The van der Waals surface area contributed by atoms with Crippen molar-refractivity contribution in [2.75, 3.05) is 0 Å². The summed E-state index contributed by atoms with van der Waals surface area (Å²) < 4.78 is 3.48. The van der Waals surface area contributed by atoms with Gasteiger partial charge in [-0.15, -0.1) is 0 Å². The summed E-state index contributed by atoms with van der Waals surface area (Å²) in [5.74, 6) is 0.590. The topological polar surface area (TPSA) is 77.6 Å². The van der Waals surface area contributed by atoms with Crippen molar-refractivity contribution in [1.29, 1.82) is 0 Å². The molecule has 0 radical (unpaired) electrons. The van der Waals surface area contributed by atoms with E-state index in [4.69, 9.17) is 0 Å². The summed E-state index contributed by atoms with van der Waals surface area (Å²) in [7, 11) is 1.80. The molecule has 0 aliphatic rings. The van der Waals surface area contributed by atoms with Crippen LogP contribution in [0.15, 0.2) is 6.33 Å². The molecule has 0 bridgehead atoms. The Morgan fingerprint density at radius 2 is 2.15 bits per heavy atom. The van der Waals surface area contributed by atoms with E-state index in [1.165, 1.54) is 6.33 Å². The fraction of sp³-hybridized carbons (Fsp3) is 0.538. The van der Waals surface area contributed by atoms with Crippen LogP contribution in [0.5, 0.6) is 0 Å². The first-order chi connectivity index (χ1) is 9.45. The van der Waals surface area contributed by atoms with Crippen LogP contribution in [0.2, 0.25) is 0 Å². The number of hydrogen-bond acceptors (Lipinski definition) is 4. The predicted octanol–water partition coefficient (Wildman–Crippen LogP) is 1.14. The number of hydrogen-bond donors (Lipinski definition) is 1. The van der Waals surface area contributed by atoms with E-state index in [1.54, 1.807) is 11.7 Å². The molecule has 0 saturated heterocycles. The molecule has 2 heterocycles. The maximum atomic E-state index is 12.4. The third-order valence-electron chi connectivity index (χ3n) is 3.39. The largest absolute Gasteiger partial charge is 0.342 e. The molecular weight excluding hydrogens is 256 g/mol. The van der Waals surface area contributed by atoms with Gasteiger partial charge in [0.1, 0.15) is 12.2 Å². The maximum absolute atomic E-state index is 12.4. The molecular formula is C13H20N6O. The van der Waals surface area contributed by atoms with Crippen LogP contribution in [0.1, 0.15) is 47.5 Å². The molecule has 0 aliphatic carbocycles. The van der Waals surface area contributed by atoms with Crippen molar-refractivity contribution < 1.29 is 4.79 Å². The highest BCUT2D eigenvalue weighted by Gasteiger charge is 2.21. The molecule has 7 nitrogen and oxygen atoms in total. The van der Waals surface area contributed by atoms with Gasteiger partial charge in [0.2, 0.25) is 0 Å². The lowest BCUT2D eigenvalue weighted by molar-refractivity contribution is 0.0936. The molecule has 1 amide bonds. The number of aryl methyl sites for hydroxylation is 3. The molecule has 0 aliphatic heterocycles. The highest BCUT2D eigenvalue weighted by atomic mass is 16.1. The van der Waals surface area contributed by atoms with Crippen molar-refractivity contribution in [2.45, 2.75) is 40.3 Å². The third kappa shape index (κ3) is 2.43. The molecule has 1 unspecified atom stereocenters. The molecule has 0 spiro atoms. The van der Waals surface area contributed by atoms with Crippen LogP contribution in [0.3, 0.4) is 0 Å². The van der Waals surface area contributed by atoms with Crippen molar-refractivity contribution in [3.63, 3.8) is 0 Å². The highest BCUT2D eigenvalue weighted by molar-refractivity contribution is 5.96. The molecule has 2 aromatic heterocycles. The molecule has 2 rings (SSSR count). The average molecular weight is 276 g/mol. The summed E-state index contributed by atoms with van der Waals surface area (Å²) in [6.07, 6.45) is 1.48. The fourth-order valence-corrected chi connectivity index (χ4v) is 2.36. The first-order valence-corrected chi connectivity index (χ1v) is 6.64. The smallest absolute Gasteiger partial charge is 0.255 e. The third-order valence-corrected chi connectivity index (χ3v) is 3.39. The van der Waals surface area contributed by atoms with Gasteiger partial charge in [-0.05, 0) is 27.7 Å². The number of carbonyl (C=O) groups excluding carboxylic acids is 1. The van der Waals surface area contributed by atoms with Crippen LogP contribution < -0.4 is 5.32 Å². The Morgan fingerprint density at radius 3 is 2.65 bits per heavy atom. The number of rotatable bonds is 4. The summed E-state index contributed by atoms with van der Waals surface area (Å²) in [4.78, 5) is 16.6. The standard InChI is InChI=1S/C13H20N6O/c1-6-19-10(4)11(8(2)17-19)13(20)16-9(3)12-14-7-15-18(12)5/h7,9H,6H2,1-5H3,(H,16,20). The fourth-order valence-electron chi connectivity index (χ4n) is 2.36. The minimum absolute atomic E-state index is 0.129. The first-order valence-electron chi connectivity index (χ1n) is 6.64. The zero-order valence-electron chi connectivity index (χ0n) is 12.5. The Bertz CT molecular complexity index is 627. The van der Waals surface area contributed by atoms with E-state index in [-0.39, 0.29) is 11.9 Å². The van der Waals surface area contributed by atoms with Crippen molar-refractivity contribution >= 4 is 5.91 Å². The van der Waals surface area contributed by atoms with Crippen LogP contribution in [0.4, 0.5) is 0 Å². The molecule has 0 fully saturated rings. The van der Waals surface area contributed by atoms with Crippen LogP contribution >= 0.6 is 0 Å². The van der Waals surface area contributed by atoms with Crippen molar-refractivity contribution in [3.05, 3.63) is 29.1 Å². The van der Waals surface area contributed by atoms with Gasteiger partial charge in [0.05, 0.1) is 17.3 Å². The van der Waals surface area contributed by atoms with Gasteiger partial charge in [0.15, 0.2) is 0 Å². The van der Waals surface area contributed by atoms with E-state index in [9.17, 15) is 4.79 Å². The Hall–Kier alpha value is -2.18. The van der Waals surface area contributed by atoms with Gasteiger partial charge in [-0.1, -0.05) is 0 Å². The molecule has 0 aromatic carbocycles. The second-order valence-corrected chi connectivity index (χ2v) is 4.80. The minimum atomic E-state index is -0.209. The Morgan fingerprint density at radius 1 is 1.45 bits per heavy atom. The van der Waals surface area contributed by atoms with Gasteiger partial charge in [0, 0.05) is 19.3 Å². The zero-order chi connectivity index (χ0) is 14.9. The minimum Gasteiger partial charge on any atom is -0.342 e. The SMILES string of the molecule is CCn1nc(C)c(C(=O)NC(C)c2ncnn2C)c1C. The summed E-state index contributed by atoms with van der Waals surface area (Å²) in [6, 6.07) is -0.209. The number of nitrogens with zero attached hydrogens (tertiary/aromatic N) is 5. The first kappa shape index (κ1) is 14.2.